The van der Waals surface area contributed by atoms with Crippen molar-refractivity contribution >= 4 is 0 Å². The summed E-state index contributed by atoms with van der Waals surface area (Å²) >= 11 is 0. The van der Waals surface area contributed by atoms with Crippen LogP contribution in [-0.4, -0.2) is 18.5 Å². The Morgan fingerprint density at radius 2 is 2.08 bits per heavy atom. The predicted molar refractivity (Wildman–Crippen MR) is 51.5 cm³/mol. The summed E-state index contributed by atoms with van der Waals surface area (Å²) in [7, 11) is 0. The maximum Gasteiger partial charge on any atom is 0.168 e. The van der Waals surface area contributed by atoms with Gasteiger partial charge in [0.25, 0.3) is 0 Å². The summed E-state index contributed by atoms with van der Waals surface area (Å²) in [5.74, 6) is -0.169. The quantitative estimate of drug-likeness (QED) is 0.624. The highest BCUT2D eigenvalue weighted by Gasteiger charge is 2.38. The number of hydrogen-bond acceptors (Lipinski definition) is 2. The molecule has 13 heavy (non-hydrogen) atoms. The Morgan fingerprint density at radius 3 is 2.77 bits per heavy atom. The molecule has 0 amide bonds. The van der Waals surface area contributed by atoms with Crippen LogP contribution in [0.5, 0.6) is 0 Å². The minimum atomic E-state index is -0.169. The van der Waals surface area contributed by atoms with E-state index >= 15 is 0 Å². The van der Waals surface area contributed by atoms with Gasteiger partial charge < -0.3 is 9.47 Å². The highest BCUT2D eigenvalue weighted by Crippen LogP contribution is 2.37. The molecule has 2 fully saturated rings. The summed E-state index contributed by atoms with van der Waals surface area (Å²) in [5, 5.41) is 0. The first-order valence-electron chi connectivity index (χ1n) is 5.66. The predicted octanol–water partition coefficient (Wildman–Crippen LogP) is 2.86. The molecular formula is C11H20O2. The van der Waals surface area contributed by atoms with E-state index in [-0.39, 0.29) is 5.79 Å². The Kier molecular flexibility index (Phi) is 2.89. The van der Waals surface area contributed by atoms with Crippen LogP contribution in [-0.2, 0) is 9.47 Å². The molecule has 1 spiro atoms. The third-order valence-electron chi connectivity index (χ3n) is 3.24. The van der Waals surface area contributed by atoms with Crippen LogP contribution in [0.3, 0.4) is 0 Å². The Labute approximate surface area is 80.6 Å². The Bertz CT molecular complexity index is 156. The third kappa shape index (κ3) is 2.05. The zero-order valence-electron chi connectivity index (χ0n) is 8.55. The minimum absolute atomic E-state index is 0.169. The van der Waals surface area contributed by atoms with Crippen molar-refractivity contribution in [1.82, 2.24) is 0 Å². The molecule has 2 saturated heterocycles. The molecule has 0 saturated carbocycles. The van der Waals surface area contributed by atoms with E-state index in [1.165, 1.54) is 25.7 Å². The van der Waals surface area contributed by atoms with E-state index < -0.39 is 0 Å². The first kappa shape index (κ1) is 9.47. The molecule has 2 rings (SSSR count). The lowest BCUT2D eigenvalue weighted by Crippen LogP contribution is -2.45. The molecule has 2 atom stereocenters. The standard InChI is InChI=1S/C11H20O2/c1-2-10-6-5-8-11(13-10)7-3-4-9-12-11/h10H,2-9H2,1H3/t10-,11+/m0/s1. The van der Waals surface area contributed by atoms with Crippen LogP contribution in [0.1, 0.15) is 51.9 Å². The van der Waals surface area contributed by atoms with Gasteiger partial charge in [-0.3, -0.25) is 0 Å². The van der Waals surface area contributed by atoms with E-state index in [1.807, 2.05) is 0 Å². The number of rotatable bonds is 1. The monoisotopic (exact) mass is 184 g/mol. The summed E-state index contributed by atoms with van der Waals surface area (Å²) in [4.78, 5) is 0. The van der Waals surface area contributed by atoms with Crippen LogP contribution in [0.2, 0.25) is 0 Å². The summed E-state index contributed by atoms with van der Waals surface area (Å²) in [6.45, 7) is 3.10. The molecule has 0 aromatic heterocycles. The van der Waals surface area contributed by atoms with Gasteiger partial charge in [-0.25, -0.2) is 0 Å². The maximum absolute atomic E-state index is 6.04. The zero-order valence-corrected chi connectivity index (χ0v) is 8.55. The van der Waals surface area contributed by atoms with Crippen molar-refractivity contribution in [3.63, 3.8) is 0 Å². The van der Waals surface area contributed by atoms with Crippen molar-refractivity contribution < 1.29 is 9.47 Å². The molecule has 2 aliphatic rings. The SMILES string of the molecule is CC[C@H]1CCC[C@@]2(CCCCO2)O1. The lowest BCUT2D eigenvalue weighted by molar-refractivity contribution is -0.295. The van der Waals surface area contributed by atoms with Crippen molar-refractivity contribution in [3.05, 3.63) is 0 Å². The Balaban J connectivity index is 1.95. The van der Waals surface area contributed by atoms with E-state index in [0.29, 0.717) is 6.10 Å². The molecule has 0 bridgehead atoms. The van der Waals surface area contributed by atoms with Gasteiger partial charge in [-0.15, -0.1) is 0 Å². The van der Waals surface area contributed by atoms with E-state index in [4.69, 9.17) is 9.47 Å². The molecule has 2 heteroatoms. The van der Waals surface area contributed by atoms with Gasteiger partial charge in [0.05, 0.1) is 12.7 Å². The summed E-state index contributed by atoms with van der Waals surface area (Å²) in [6.07, 6.45) is 8.79. The molecule has 2 heterocycles. The summed E-state index contributed by atoms with van der Waals surface area (Å²) in [5.41, 5.74) is 0. The van der Waals surface area contributed by atoms with Crippen molar-refractivity contribution in [3.8, 4) is 0 Å². The van der Waals surface area contributed by atoms with E-state index in [9.17, 15) is 0 Å². The largest absolute Gasteiger partial charge is 0.350 e. The van der Waals surface area contributed by atoms with Crippen LogP contribution in [0.4, 0.5) is 0 Å². The third-order valence-corrected chi connectivity index (χ3v) is 3.24. The molecule has 0 radical (unpaired) electrons. The first-order valence-corrected chi connectivity index (χ1v) is 5.66. The molecule has 0 aromatic rings. The molecule has 0 unspecified atom stereocenters. The van der Waals surface area contributed by atoms with Crippen LogP contribution in [0, 0.1) is 0 Å². The highest BCUT2D eigenvalue weighted by molar-refractivity contribution is 4.80. The van der Waals surface area contributed by atoms with Gasteiger partial charge in [-0.1, -0.05) is 6.92 Å². The van der Waals surface area contributed by atoms with Gasteiger partial charge in [-0.05, 0) is 32.1 Å². The Hall–Kier alpha value is -0.0800. The summed E-state index contributed by atoms with van der Waals surface area (Å²) in [6, 6.07) is 0. The average molecular weight is 184 g/mol. The fourth-order valence-corrected chi connectivity index (χ4v) is 2.42. The lowest BCUT2D eigenvalue weighted by atomic mass is 9.94. The van der Waals surface area contributed by atoms with Crippen LogP contribution >= 0.6 is 0 Å². The summed E-state index contributed by atoms with van der Waals surface area (Å²) < 4.78 is 11.9. The van der Waals surface area contributed by atoms with E-state index in [1.54, 1.807) is 0 Å². The van der Waals surface area contributed by atoms with Gasteiger partial charge in [-0.2, -0.15) is 0 Å². The zero-order chi connectivity index (χ0) is 9.15. The minimum Gasteiger partial charge on any atom is -0.350 e. The topological polar surface area (TPSA) is 18.5 Å². The smallest absolute Gasteiger partial charge is 0.168 e. The van der Waals surface area contributed by atoms with Gasteiger partial charge in [0.1, 0.15) is 0 Å². The second-order valence-electron chi connectivity index (χ2n) is 4.26. The fourth-order valence-electron chi connectivity index (χ4n) is 2.42. The normalized spacial score (nSPS) is 40.8. The Morgan fingerprint density at radius 1 is 1.23 bits per heavy atom. The van der Waals surface area contributed by atoms with Crippen LogP contribution < -0.4 is 0 Å². The molecule has 0 aromatic carbocycles. The van der Waals surface area contributed by atoms with Gasteiger partial charge >= 0.3 is 0 Å². The van der Waals surface area contributed by atoms with Gasteiger partial charge in [0.2, 0.25) is 0 Å². The second-order valence-corrected chi connectivity index (χ2v) is 4.26. The molecule has 2 nitrogen and oxygen atoms in total. The molecule has 0 N–H and O–H groups in total. The molecule has 2 aliphatic heterocycles. The van der Waals surface area contributed by atoms with E-state index in [2.05, 4.69) is 6.92 Å². The lowest BCUT2D eigenvalue weighted by Gasteiger charge is -2.43. The molecule has 76 valence electrons. The van der Waals surface area contributed by atoms with Crippen molar-refractivity contribution in [2.24, 2.45) is 0 Å². The van der Waals surface area contributed by atoms with E-state index in [0.717, 1.165) is 25.9 Å². The number of hydrogen-bond donors (Lipinski definition) is 0. The van der Waals surface area contributed by atoms with Crippen molar-refractivity contribution in [2.75, 3.05) is 6.61 Å². The van der Waals surface area contributed by atoms with Crippen molar-refractivity contribution in [2.45, 2.75) is 63.8 Å². The highest BCUT2D eigenvalue weighted by atomic mass is 16.7. The maximum atomic E-state index is 6.04. The molecular weight excluding hydrogens is 164 g/mol. The fraction of sp³-hybridized carbons (Fsp3) is 1.00. The first-order chi connectivity index (χ1) is 6.35. The van der Waals surface area contributed by atoms with Crippen LogP contribution in [0.15, 0.2) is 0 Å². The average Bonchev–Trinajstić information content (AvgIpc) is 2.19. The van der Waals surface area contributed by atoms with Gasteiger partial charge in [0.15, 0.2) is 5.79 Å². The molecule has 0 aliphatic carbocycles. The van der Waals surface area contributed by atoms with Gasteiger partial charge in [0, 0.05) is 12.8 Å². The van der Waals surface area contributed by atoms with Crippen LogP contribution in [0.25, 0.3) is 0 Å². The second kappa shape index (κ2) is 3.97. The number of ether oxygens (including phenoxy) is 2. The van der Waals surface area contributed by atoms with Crippen molar-refractivity contribution in [1.29, 1.82) is 0 Å².